The molecule has 1 fully saturated rings. The first kappa shape index (κ1) is 13.0. The summed E-state index contributed by atoms with van der Waals surface area (Å²) < 4.78 is 5.38. The van der Waals surface area contributed by atoms with Gasteiger partial charge in [0.25, 0.3) is 0 Å². The van der Waals surface area contributed by atoms with Gasteiger partial charge in [0.1, 0.15) is 0 Å². The van der Waals surface area contributed by atoms with E-state index in [4.69, 9.17) is 4.74 Å². The summed E-state index contributed by atoms with van der Waals surface area (Å²) in [7, 11) is 0. The van der Waals surface area contributed by atoms with Crippen molar-refractivity contribution in [2.45, 2.75) is 52.5 Å². The van der Waals surface area contributed by atoms with Crippen molar-refractivity contribution in [2.24, 2.45) is 11.8 Å². The molecule has 2 heteroatoms. The van der Waals surface area contributed by atoms with Crippen LogP contribution in [-0.4, -0.2) is 25.8 Å². The molecule has 0 bridgehead atoms. The Morgan fingerprint density at radius 1 is 1.33 bits per heavy atom. The van der Waals surface area contributed by atoms with Gasteiger partial charge >= 0.3 is 0 Å². The van der Waals surface area contributed by atoms with Crippen molar-refractivity contribution >= 4 is 0 Å². The highest BCUT2D eigenvalue weighted by atomic mass is 16.5. The van der Waals surface area contributed by atoms with E-state index in [0.29, 0.717) is 0 Å². The molecule has 0 aromatic rings. The Labute approximate surface area is 94.8 Å². The van der Waals surface area contributed by atoms with E-state index in [9.17, 15) is 0 Å². The van der Waals surface area contributed by atoms with Gasteiger partial charge in [0.15, 0.2) is 0 Å². The lowest BCUT2D eigenvalue weighted by Gasteiger charge is -2.21. The van der Waals surface area contributed by atoms with Gasteiger partial charge in [-0.05, 0) is 51.0 Å². The number of nitrogens with one attached hydrogen (secondary N) is 1. The van der Waals surface area contributed by atoms with E-state index in [1.807, 2.05) is 0 Å². The molecule has 15 heavy (non-hydrogen) atoms. The molecular formula is C13H27NO. The molecule has 1 N–H and O–H groups in total. The summed E-state index contributed by atoms with van der Waals surface area (Å²) in [6, 6.07) is 0.846. The van der Waals surface area contributed by atoms with Crippen LogP contribution in [0.25, 0.3) is 0 Å². The van der Waals surface area contributed by atoms with Gasteiger partial charge in [-0.25, -0.2) is 0 Å². The van der Waals surface area contributed by atoms with Crippen molar-refractivity contribution in [1.82, 2.24) is 5.32 Å². The molecular weight excluding hydrogens is 186 g/mol. The van der Waals surface area contributed by atoms with Crippen molar-refractivity contribution in [1.29, 1.82) is 0 Å². The zero-order chi connectivity index (χ0) is 11.1. The maximum absolute atomic E-state index is 5.38. The Morgan fingerprint density at radius 3 is 2.60 bits per heavy atom. The van der Waals surface area contributed by atoms with Crippen LogP contribution in [-0.2, 0) is 4.74 Å². The van der Waals surface area contributed by atoms with Gasteiger partial charge in [0, 0.05) is 19.3 Å². The molecule has 90 valence electrons. The van der Waals surface area contributed by atoms with Crippen LogP contribution in [0.5, 0.6) is 0 Å². The fourth-order valence-corrected chi connectivity index (χ4v) is 1.87. The Balaban J connectivity index is 2.05. The average Bonchev–Trinajstić information content (AvgIpc) is 3.00. The predicted octanol–water partition coefficient (Wildman–Crippen LogP) is 2.83. The summed E-state index contributed by atoms with van der Waals surface area (Å²) >= 11 is 0. The molecule has 1 atom stereocenters. The molecule has 0 aromatic carbocycles. The van der Waals surface area contributed by atoms with E-state index >= 15 is 0 Å². The summed E-state index contributed by atoms with van der Waals surface area (Å²) in [4.78, 5) is 0. The number of ether oxygens (including phenoxy) is 1. The van der Waals surface area contributed by atoms with Gasteiger partial charge in [-0.15, -0.1) is 0 Å². The largest absolute Gasteiger partial charge is 0.382 e. The van der Waals surface area contributed by atoms with Gasteiger partial charge in [-0.1, -0.05) is 13.8 Å². The van der Waals surface area contributed by atoms with Gasteiger partial charge in [-0.2, -0.15) is 0 Å². The zero-order valence-electron chi connectivity index (χ0n) is 10.6. The standard InChI is InChI=1S/C13H27NO/c1-4-15-9-5-6-12(11(2)3)10-14-13-7-8-13/h11-14H,4-10H2,1-3H3. The van der Waals surface area contributed by atoms with Crippen LogP contribution in [0.4, 0.5) is 0 Å². The Bertz CT molecular complexity index is 155. The fourth-order valence-electron chi connectivity index (χ4n) is 1.87. The average molecular weight is 213 g/mol. The van der Waals surface area contributed by atoms with Crippen molar-refractivity contribution in [3.8, 4) is 0 Å². The summed E-state index contributed by atoms with van der Waals surface area (Å²) in [5.74, 6) is 1.61. The van der Waals surface area contributed by atoms with Gasteiger partial charge in [0.2, 0.25) is 0 Å². The lowest BCUT2D eigenvalue weighted by molar-refractivity contribution is 0.136. The van der Waals surface area contributed by atoms with Crippen molar-refractivity contribution in [3.63, 3.8) is 0 Å². The first-order valence-corrected chi connectivity index (χ1v) is 6.55. The van der Waals surface area contributed by atoms with Gasteiger partial charge in [0.05, 0.1) is 0 Å². The summed E-state index contributed by atoms with van der Waals surface area (Å²) in [5.41, 5.74) is 0. The molecule has 0 spiro atoms. The van der Waals surface area contributed by atoms with Crippen LogP contribution in [0.2, 0.25) is 0 Å². The second-order valence-electron chi connectivity index (χ2n) is 5.03. The highest BCUT2D eigenvalue weighted by Crippen LogP contribution is 2.22. The minimum Gasteiger partial charge on any atom is -0.382 e. The molecule has 2 nitrogen and oxygen atoms in total. The van der Waals surface area contributed by atoms with Crippen molar-refractivity contribution < 1.29 is 4.74 Å². The smallest absolute Gasteiger partial charge is 0.0466 e. The third-order valence-corrected chi connectivity index (χ3v) is 3.26. The SMILES string of the molecule is CCOCCCC(CNC1CC1)C(C)C. The van der Waals surface area contributed by atoms with E-state index < -0.39 is 0 Å². The van der Waals surface area contributed by atoms with Crippen molar-refractivity contribution in [2.75, 3.05) is 19.8 Å². The van der Waals surface area contributed by atoms with Crippen LogP contribution in [0.1, 0.15) is 46.5 Å². The first-order chi connectivity index (χ1) is 7.24. The highest BCUT2D eigenvalue weighted by molar-refractivity contribution is 4.82. The van der Waals surface area contributed by atoms with E-state index in [0.717, 1.165) is 31.1 Å². The third kappa shape index (κ3) is 6.16. The minimum absolute atomic E-state index is 0.790. The quantitative estimate of drug-likeness (QED) is 0.595. The first-order valence-electron chi connectivity index (χ1n) is 6.55. The summed E-state index contributed by atoms with van der Waals surface area (Å²) in [6.45, 7) is 9.72. The minimum atomic E-state index is 0.790. The molecule has 1 aliphatic rings. The lowest BCUT2D eigenvalue weighted by atomic mass is 9.91. The Morgan fingerprint density at radius 2 is 2.07 bits per heavy atom. The summed E-state index contributed by atoms with van der Waals surface area (Å²) in [6.07, 6.45) is 5.30. The molecule has 0 amide bonds. The molecule has 0 radical (unpaired) electrons. The van der Waals surface area contributed by atoms with Crippen LogP contribution >= 0.6 is 0 Å². The normalized spacial score (nSPS) is 18.4. The zero-order valence-corrected chi connectivity index (χ0v) is 10.6. The topological polar surface area (TPSA) is 21.3 Å². The maximum Gasteiger partial charge on any atom is 0.0466 e. The van der Waals surface area contributed by atoms with Crippen LogP contribution in [0.3, 0.4) is 0 Å². The van der Waals surface area contributed by atoms with E-state index in [1.165, 1.54) is 32.2 Å². The second-order valence-corrected chi connectivity index (χ2v) is 5.03. The van der Waals surface area contributed by atoms with Crippen LogP contribution < -0.4 is 5.32 Å². The van der Waals surface area contributed by atoms with E-state index in [-0.39, 0.29) is 0 Å². The maximum atomic E-state index is 5.38. The highest BCUT2D eigenvalue weighted by Gasteiger charge is 2.22. The fraction of sp³-hybridized carbons (Fsp3) is 1.00. The molecule has 1 aliphatic carbocycles. The monoisotopic (exact) mass is 213 g/mol. The third-order valence-electron chi connectivity index (χ3n) is 3.26. The van der Waals surface area contributed by atoms with Crippen LogP contribution in [0, 0.1) is 11.8 Å². The number of rotatable bonds is 9. The van der Waals surface area contributed by atoms with E-state index in [2.05, 4.69) is 26.1 Å². The van der Waals surface area contributed by atoms with Gasteiger partial charge in [-0.3, -0.25) is 0 Å². The number of hydrogen-bond donors (Lipinski definition) is 1. The molecule has 0 heterocycles. The molecule has 0 aromatic heterocycles. The second kappa shape index (κ2) is 7.24. The molecule has 1 saturated carbocycles. The molecule has 1 unspecified atom stereocenters. The molecule has 0 aliphatic heterocycles. The Kier molecular flexibility index (Phi) is 6.26. The predicted molar refractivity (Wildman–Crippen MR) is 65.1 cm³/mol. The summed E-state index contributed by atoms with van der Waals surface area (Å²) in [5, 5.41) is 3.64. The van der Waals surface area contributed by atoms with Crippen LogP contribution in [0.15, 0.2) is 0 Å². The van der Waals surface area contributed by atoms with Gasteiger partial charge < -0.3 is 10.1 Å². The molecule has 0 saturated heterocycles. The molecule has 1 rings (SSSR count). The lowest BCUT2D eigenvalue weighted by Crippen LogP contribution is -2.28. The van der Waals surface area contributed by atoms with E-state index in [1.54, 1.807) is 0 Å². The Hall–Kier alpha value is -0.0800. The van der Waals surface area contributed by atoms with Crippen molar-refractivity contribution in [3.05, 3.63) is 0 Å². The number of hydrogen-bond acceptors (Lipinski definition) is 2.